The van der Waals surface area contributed by atoms with Gasteiger partial charge in [-0.15, -0.1) is 0 Å². The van der Waals surface area contributed by atoms with Gasteiger partial charge < -0.3 is 87.8 Å². The molecule has 138 heavy (non-hydrogen) atoms. The molecule has 6 saturated heterocycles. The first kappa shape index (κ1) is 98.0. The highest BCUT2D eigenvalue weighted by Gasteiger charge is 2.40. The molecule has 11 heterocycles. The van der Waals surface area contributed by atoms with Crippen LogP contribution in [0.3, 0.4) is 0 Å². The third-order valence-corrected chi connectivity index (χ3v) is 26.5. The average Bonchev–Trinajstić information content (AvgIpc) is 1.64. The predicted molar refractivity (Wildman–Crippen MR) is 527 cm³/mol. The fraction of sp³-hybridized carbons (Fsp3) is 0.448. The van der Waals surface area contributed by atoms with Crippen LogP contribution >= 0.6 is 0 Å². The normalized spacial score (nSPS) is 19.3. The maximum absolute atomic E-state index is 13.7. The Hall–Kier alpha value is -13.0. The van der Waals surface area contributed by atoms with Gasteiger partial charge in [0.2, 0.25) is 5.91 Å². The molecule has 0 bridgehead atoms. The molecule has 0 unspecified atom stereocenters. The van der Waals surface area contributed by atoms with E-state index in [1.54, 1.807) is 43.4 Å². The molecule has 17 rings (SSSR count). The van der Waals surface area contributed by atoms with Crippen molar-refractivity contribution in [3.63, 3.8) is 0 Å². The number of ether oxygens (including phenoxy) is 10. The number of aliphatic imine (C=N–C) groups is 4. The first-order valence-electron chi connectivity index (χ1n) is 47.8. The maximum Gasteiger partial charge on any atom is 0.257 e. The Balaban J connectivity index is 0.000000216. The van der Waals surface area contributed by atoms with E-state index in [0.29, 0.717) is 210 Å². The number of ketones is 1. The lowest BCUT2D eigenvalue weighted by molar-refractivity contribution is -0.137. The van der Waals surface area contributed by atoms with Crippen molar-refractivity contribution in [3.05, 3.63) is 201 Å². The van der Waals surface area contributed by atoms with Gasteiger partial charge >= 0.3 is 0 Å². The van der Waals surface area contributed by atoms with Crippen molar-refractivity contribution in [1.29, 1.82) is 0 Å². The fourth-order valence-electron chi connectivity index (χ4n) is 19.0. The van der Waals surface area contributed by atoms with Crippen molar-refractivity contribution >= 4 is 106 Å². The summed E-state index contributed by atoms with van der Waals surface area (Å²) >= 11 is 0. The van der Waals surface area contributed by atoms with Crippen LogP contribution in [-0.2, 0) is 64.6 Å². The number of methoxy groups -OCH3 is 2. The number of aryl methyl sites for hydroxylation is 2. The lowest BCUT2D eigenvalue weighted by Crippen LogP contribution is -2.47. The number of carbonyl (C=O) groups is 8. The molecule has 0 spiro atoms. The number of piperazine rings is 2. The van der Waals surface area contributed by atoms with Crippen molar-refractivity contribution < 1.29 is 85.7 Å². The van der Waals surface area contributed by atoms with Crippen LogP contribution in [0.4, 0.5) is 34.1 Å². The van der Waals surface area contributed by atoms with Crippen LogP contribution in [0, 0.1) is 13.8 Å². The van der Waals surface area contributed by atoms with E-state index in [-0.39, 0.29) is 111 Å². The molecular weight excluding hydrogens is 1760 g/mol. The number of hydrogen-bond acceptors (Lipinski definition) is 27. The molecule has 6 aromatic rings. The Labute approximate surface area is 805 Å². The standard InChI is InChI=1S/C62H76N8O13.C43H49N7O5/c1-42-27-48-36-64-53-34-55(44(3)29-51(53)61(75)69(48)38-42)82-40-45-30-46(41-83-57-35-54-52(33-56(57)77-4)62(76)70-39-43(2)28-49(70)37-65-54)32-47(31-45)67-17-15-66(16-18-67)13-6-12-63-58(72)11-20-79-22-24-81-26-25-80-23-21-78-19-5-7-50(71)10-14-68-59(73)8-9-60(68)74;1-27-12-33-21-45-37-19-39(29(3)14-35(37)42(51)49(33)23-27)54-25-30-15-31(17-32(16-30)48-10-8-47(9-11-48)7-5-6-44)26-55-41-20-38-36(18-40(41)53-4)43(52)50-24-28(2)13-34(50)22-46-38/h8-9,29-37,48-49H,1-2,5-7,10-28,38-41H2,3-4H3,(H,63,72);14-22,33-34H,1-2,5-13,23-26,44H2,3-4H3/t48-,49-;33-,34-/m00/s1. The molecule has 3 N–H and O–H groups in total. The topological polar surface area (TPSA) is 346 Å². The Bertz CT molecular complexity index is 5770. The molecule has 6 fully saturated rings. The van der Waals surface area contributed by atoms with Gasteiger partial charge in [-0.1, -0.05) is 48.6 Å². The van der Waals surface area contributed by atoms with E-state index >= 15 is 0 Å². The molecule has 33 heteroatoms. The highest BCUT2D eigenvalue weighted by Crippen LogP contribution is 2.44. The van der Waals surface area contributed by atoms with Crippen LogP contribution in [0.2, 0.25) is 0 Å². The number of imide groups is 1. The molecule has 33 nitrogen and oxygen atoms in total. The van der Waals surface area contributed by atoms with Crippen molar-refractivity contribution in [2.24, 2.45) is 25.7 Å². The molecule has 0 radical (unpaired) electrons. The molecule has 6 aromatic carbocycles. The number of nitrogens with one attached hydrogen (secondary N) is 1. The second-order valence-electron chi connectivity index (χ2n) is 36.7. The predicted octanol–water partition coefficient (Wildman–Crippen LogP) is 11.5. The van der Waals surface area contributed by atoms with Gasteiger partial charge in [0.15, 0.2) is 23.0 Å². The Morgan fingerprint density at radius 3 is 1.12 bits per heavy atom. The van der Waals surface area contributed by atoms with Crippen LogP contribution < -0.4 is 49.3 Å². The molecule has 4 atom stereocenters. The molecule has 7 amide bonds. The summed E-state index contributed by atoms with van der Waals surface area (Å²) in [6.07, 6.45) is 15.7. The van der Waals surface area contributed by atoms with E-state index in [0.717, 1.165) is 157 Å². The number of benzene rings is 6. The van der Waals surface area contributed by atoms with Crippen molar-refractivity contribution in [3.8, 4) is 34.5 Å². The molecule has 11 aliphatic heterocycles. The summed E-state index contributed by atoms with van der Waals surface area (Å²) in [4.78, 5) is 139. The van der Waals surface area contributed by atoms with Crippen molar-refractivity contribution in [2.75, 3.05) is 188 Å². The Morgan fingerprint density at radius 1 is 0.391 bits per heavy atom. The average molecular weight is 1890 g/mol. The van der Waals surface area contributed by atoms with Gasteiger partial charge in [-0.3, -0.25) is 73.0 Å². The summed E-state index contributed by atoms with van der Waals surface area (Å²) in [7, 11) is 3.14. The van der Waals surface area contributed by atoms with E-state index in [9.17, 15) is 38.4 Å². The molecule has 11 aliphatic rings. The number of fused-ring (bicyclic) bond motifs is 8. The first-order chi connectivity index (χ1) is 67.0. The molecule has 0 aromatic heterocycles. The van der Waals surface area contributed by atoms with Gasteiger partial charge in [-0.05, 0) is 172 Å². The highest BCUT2D eigenvalue weighted by atomic mass is 16.6. The minimum atomic E-state index is -0.383. The van der Waals surface area contributed by atoms with Gasteiger partial charge in [0.05, 0.1) is 130 Å². The van der Waals surface area contributed by atoms with E-state index in [2.05, 4.69) is 87.6 Å². The van der Waals surface area contributed by atoms with Crippen LogP contribution in [0.25, 0.3) is 0 Å². The number of rotatable bonds is 42. The van der Waals surface area contributed by atoms with Crippen LogP contribution in [0.1, 0.15) is 139 Å². The zero-order valence-electron chi connectivity index (χ0n) is 79.5. The van der Waals surface area contributed by atoms with Gasteiger partial charge in [0.1, 0.15) is 43.7 Å². The van der Waals surface area contributed by atoms with E-state index in [4.69, 9.17) is 73.1 Å². The summed E-state index contributed by atoms with van der Waals surface area (Å²) in [5.74, 6) is 2.08. The summed E-state index contributed by atoms with van der Waals surface area (Å²) in [6, 6.07) is 26.9. The number of Topliss-reactive ketones (excluding diaryl/α,β-unsaturated/α-hetero) is 1. The summed E-state index contributed by atoms with van der Waals surface area (Å²) in [5, 5.41) is 3.02. The number of nitrogens with two attached hydrogens (primary N) is 1. The SMILES string of the molecule is C=C1C[C@H]2C=Nc3cc(OCc4cc(COc5cc6c(cc5OC)C(=O)N5CC(=C)C[C@H]5C=N6)cc(N5CCN(CCCN)CC5)c4)c(C)cc3C(=O)N2C1.C=C1C[C@H]2C=Nc3cc(OCc4cc(COc5cc6c(cc5OC)C(=O)N5CC(=C)C[C@H]5C=N6)cc(N5CCN(CCCNC(=O)CCOCCOCCOCCOCCCC(=O)CCN6C(=O)C=CC6=O)CC5)c4)c(C)cc3C(=O)N2C1. The Morgan fingerprint density at radius 2 is 0.739 bits per heavy atom. The summed E-state index contributed by atoms with van der Waals surface area (Å²) in [5.41, 5.74) is 21.9. The number of anilines is 2. The van der Waals surface area contributed by atoms with Gasteiger partial charge in [-0.25, -0.2) is 0 Å². The third-order valence-electron chi connectivity index (χ3n) is 26.5. The summed E-state index contributed by atoms with van der Waals surface area (Å²) < 4.78 is 59.7. The van der Waals surface area contributed by atoms with E-state index in [1.807, 2.05) is 77.7 Å². The molecule has 728 valence electrons. The van der Waals surface area contributed by atoms with Crippen LogP contribution in [0.15, 0.2) is 166 Å². The molecule has 0 saturated carbocycles. The smallest absolute Gasteiger partial charge is 0.257 e. The zero-order chi connectivity index (χ0) is 96.5. The largest absolute Gasteiger partial charge is 0.493 e. The van der Waals surface area contributed by atoms with E-state index < -0.39 is 0 Å². The highest BCUT2D eigenvalue weighted by molar-refractivity contribution is 6.13. The quantitative estimate of drug-likeness (QED) is 0.0204. The maximum atomic E-state index is 13.7. The van der Waals surface area contributed by atoms with Crippen LogP contribution in [0.5, 0.6) is 34.5 Å². The van der Waals surface area contributed by atoms with Gasteiger partial charge in [-0.2, -0.15) is 0 Å². The van der Waals surface area contributed by atoms with Gasteiger partial charge in [0.25, 0.3) is 35.4 Å². The van der Waals surface area contributed by atoms with Crippen molar-refractivity contribution in [2.45, 2.75) is 129 Å². The minimum Gasteiger partial charge on any atom is -0.493 e. The second-order valence-corrected chi connectivity index (χ2v) is 36.7. The third kappa shape index (κ3) is 24.4. The number of hydrogen-bond donors (Lipinski definition) is 2. The van der Waals surface area contributed by atoms with Crippen molar-refractivity contribution in [1.82, 2.24) is 39.6 Å². The van der Waals surface area contributed by atoms with E-state index in [1.165, 1.54) is 12.2 Å². The zero-order valence-corrected chi connectivity index (χ0v) is 79.5. The number of nitrogens with zero attached hydrogens (tertiary/aromatic N) is 13. The van der Waals surface area contributed by atoms with Gasteiger partial charge in [0, 0.05) is 190 Å². The fourth-order valence-corrected chi connectivity index (χ4v) is 19.0. The first-order valence-corrected chi connectivity index (χ1v) is 47.8. The second kappa shape index (κ2) is 46.0. The number of amides is 7. The monoisotopic (exact) mass is 1880 g/mol. The lowest BCUT2D eigenvalue weighted by Gasteiger charge is -2.36. The lowest BCUT2D eigenvalue weighted by atomic mass is 10.1. The molecular formula is C105H125N15O18. The number of carbonyl (C=O) groups excluding carboxylic acids is 8. The summed E-state index contributed by atoms with van der Waals surface area (Å²) in [6.45, 7) is 36.6. The minimum absolute atomic E-state index is 0.0214. The Kier molecular flexibility index (Phi) is 32.7. The van der Waals surface area contributed by atoms with Crippen LogP contribution in [-0.4, -0.2) is 309 Å². The molecule has 0 aliphatic carbocycles.